The lowest BCUT2D eigenvalue weighted by Gasteiger charge is -2.41. The Kier molecular flexibility index (Phi) is 5.24. The zero-order chi connectivity index (χ0) is 25.0. The maximum Gasteiger partial charge on any atom is 0.410 e. The number of para-hydroxylation sites is 2. The molecule has 36 heavy (non-hydrogen) atoms. The highest BCUT2D eigenvalue weighted by atomic mass is 16.6. The van der Waals surface area contributed by atoms with E-state index in [2.05, 4.69) is 25.3 Å². The fourth-order valence-electron chi connectivity index (χ4n) is 5.16. The highest BCUT2D eigenvalue weighted by Crippen LogP contribution is 2.33. The lowest BCUT2D eigenvalue weighted by Crippen LogP contribution is -2.57. The van der Waals surface area contributed by atoms with Crippen LogP contribution in [0.2, 0.25) is 0 Å². The number of amides is 1. The molecule has 11 heteroatoms. The summed E-state index contributed by atoms with van der Waals surface area (Å²) < 4.78 is 7.41. The van der Waals surface area contributed by atoms with Gasteiger partial charge in [-0.1, -0.05) is 12.1 Å². The zero-order valence-corrected chi connectivity index (χ0v) is 21.0. The Hall–Kier alpha value is -3.89. The van der Waals surface area contributed by atoms with E-state index in [9.17, 15) is 4.79 Å². The molecule has 188 valence electrons. The first kappa shape index (κ1) is 22.6. The van der Waals surface area contributed by atoms with Crippen molar-refractivity contribution >= 4 is 34.7 Å². The molecule has 2 aliphatic rings. The number of hydrogen-bond acceptors (Lipinski definition) is 8. The minimum atomic E-state index is -0.512. The molecule has 0 spiro atoms. The van der Waals surface area contributed by atoms with E-state index in [4.69, 9.17) is 14.7 Å². The molecule has 0 radical (unpaired) electrons. The molecular formula is C25H31N9O2. The summed E-state index contributed by atoms with van der Waals surface area (Å²) in [6.45, 7) is 9.51. The van der Waals surface area contributed by atoms with Gasteiger partial charge < -0.3 is 19.9 Å². The van der Waals surface area contributed by atoms with Crippen molar-refractivity contribution in [3.05, 3.63) is 41.9 Å². The number of H-pyrrole nitrogens is 1. The summed E-state index contributed by atoms with van der Waals surface area (Å²) in [6, 6.07) is 8.11. The number of nitrogens with zero attached hydrogens (tertiary/aromatic N) is 7. The number of aromatic amines is 1. The second-order valence-electron chi connectivity index (χ2n) is 10.6. The maximum atomic E-state index is 12.9. The Bertz CT molecular complexity index is 1390. The number of imidazole rings is 1. The molecule has 2 fully saturated rings. The number of carbonyl (C=O) groups is 1. The number of nitrogens with one attached hydrogen (secondary N) is 2. The second-order valence-corrected chi connectivity index (χ2v) is 10.6. The third kappa shape index (κ3) is 4.08. The summed E-state index contributed by atoms with van der Waals surface area (Å²) >= 11 is 0. The Morgan fingerprint density at radius 1 is 1.14 bits per heavy atom. The number of carbonyl (C=O) groups excluding carboxylic acids is 1. The first-order chi connectivity index (χ1) is 17.2. The van der Waals surface area contributed by atoms with Crippen LogP contribution in [0.25, 0.3) is 16.7 Å². The van der Waals surface area contributed by atoms with Crippen LogP contribution in [-0.2, 0) is 11.3 Å². The van der Waals surface area contributed by atoms with E-state index >= 15 is 0 Å². The summed E-state index contributed by atoms with van der Waals surface area (Å²) in [4.78, 5) is 34.7. The van der Waals surface area contributed by atoms with Crippen LogP contribution < -0.4 is 10.2 Å². The second kappa shape index (κ2) is 8.35. The van der Waals surface area contributed by atoms with Crippen molar-refractivity contribution in [3.8, 4) is 0 Å². The summed E-state index contributed by atoms with van der Waals surface area (Å²) in [5, 5.41) is 7.87. The van der Waals surface area contributed by atoms with Gasteiger partial charge in [-0.2, -0.15) is 19.6 Å². The van der Waals surface area contributed by atoms with Crippen LogP contribution in [0, 0.1) is 6.92 Å². The molecule has 5 heterocycles. The number of piperazine rings is 1. The largest absolute Gasteiger partial charge is 0.444 e. The van der Waals surface area contributed by atoms with Crippen LogP contribution in [0.5, 0.6) is 0 Å². The number of fused-ring (bicyclic) bond motifs is 4. The van der Waals surface area contributed by atoms with E-state index in [0.29, 0.717) is 31.5 Å². The monoisotopic (exact) mass is 489 g/mol. The molecule has 2 atom stereocenters. The van der Waals surface area contributed by atoms with E-state index in [1.807, 2.05) is 56.9 Å². The number of ether oxygens (including phenoxy) is 1. The molecule has 2 saturated heterocycles. The van der Waals surface area contributed by atoms with Crippen molar-refractivity contribution in [1.82, 2.24) is 34.4 Å². The Morgan fingerprint density at radius 3 is 2.61 bits per heavy atom. The van der Waals surface area contributed by atoms with Crippen LogP contribution in [0.4, 0.5) is 16.7 Å². The van der Waals surface area contributed by atoms with Crippen LogP contribution in [0.15, 0.2) is 30.5 Å². The lowest BCUT2D eigenvalue weighted by molar-refractivity contribution is 0.0122. The number of benzene rings is 1. The minimum Gasteiger partial charge on any atom is -0.444 e. The summed E-state index contributed by atoms with van der Waals surface area (Å²) in [6.07, 6.45) is 3.47. The number of hydrogen-bond donors (Lipinski definition) is 2. The summed E-state index contributed by atoms with van der Waals surface area (Å²) in [7, 11) is 0. The Morgan fingerprint density at radius 2 is 1.89 bits per heavy atom. The van der Waals surface area contributed by atoms with Crippen molar-refractivity contribution < 1.29 is 9.53 Å². The molecule has 0 saturated carbocycles. The predicted octanol–water partition coefficient (Wildman–Crippen LogP) is 3.51. The van der Waals surface area contributed by atoms with Gasteiger partial charge in [0.2, 0.25) is 11.9 Å². The van der Waals surface area contributed by atoms with Crippen molar-refractivity contribution in [2.75, 3.05) is 23.3 Å². The van der Waals surface area contributed by atoms with Gasteiger partial charge in [-0.05, 0) is 52.7 Å². The van der Waals surface area contributed by atoms with Crippen LogP contribution >= 0.6 is 0 Å². The van der Waals surface area contributed by atoms with Crippen molar-refractivity contribution in [2.24, 2.45) is 0 Å². The van der Waals surface area contributed by atoms with E-state index < -0.39 is 5.60 Å². The van der Waals surface area contributed by atoms with Crippen molar-refractivity contribution in [1.29, 1.82) is 0 Å². The molecular weight excluding hydrogens is 458 g/mol. The smallest absolute Gasteiger partial charge is 0.410 e. The van der Waals surface area contributed by atoms with Gasteiger partial charge in [-0.15, -0.1) is 0 Å². The van der Waals surface area contributed by atoms with E-state index in [1.165, 1.54) is 0 Å². The van der Waals surface area contributed by atoms with Gasteiger partial charge in [0.05, 0.1) is 35.9 Å². The molecule has 4 aromatic rings. The third-order valence-electron chi connectivity index (χ3n) is 6.75. The fourth-order valence-corrected chi connectivity index (χ4v) is 5.16. The molecule has 1 aromatic carbocycles. The molecule has 11 nitrogen and oxygen atoms in total. The first-order valence-electron chi connectivity index (χ1n) is 12.4. The maximum absolute atomic E-state index is 12.9. The van der Waals surface area contributed by atoms with Gasteiger partial charge in [0, 0.05) is 18.7 Å². The van der Waals surface area contributed by atoms with E-state index in [1.54, 1.807) is 10.7 Å². The van der Waals surface area contributed by atoms with Gasteiger partial charge in [-0.25, -0.2) is 9.78 Å². The van der Waals surface area contributed by atoms with Gasteiger partial charge >= 0.3 is 6.09 Å². The number of aryl methyl sites for hydroxylation is 1. The quantitative estimate of drug-likeness (QED) is 0.447. The molecule has 6 rings (SSSR count). The van der Waals surface area contributed by atoms with Gasteiger partial charge in [0.25, 0.3) is 0 Å². The number of aromatic nitrogens is 6. The van der Waals surface area contributed by atoms with Crippen LogP contribution in [-0.4, -0.2) is 71.3 Å². The van der Waals surface area contributed by atoms with Crippen LogP contribution in [0.3, 0.4) is 0 Å². The Balaban J connectivity index is 1.25. The molecule has 2 N–H and O–H groups in total. The first-order valence-corrected chi connectivity index (χ1v) is 12.4. The summed E-state index contributed by atoms with van der Waals surface area (Å²) in [5.41, 5.74) is 3.14. The van der Waals surface area contributed by atoms with E-state index in [0.717, 1.165) is 40.9 Å². The topological polar surface area (TPSA) is 117 Å². The molecule has 2 aliphatic heterocycles. The highest BCUT2D eigenvalue weighted by molar-refractivity contribution is 5.74. The molecule has 2 bridgehead atoms. The molecule has 2 unspecified atom stereocenters. The fraction of sp³-hybridized carbons (Fsp3) is 0.480. The lowest BCUT2D eigenvalue weighted by atomic mass is 10.2. The average Bonchev–Trinajstić information content (AvgIpc) is 3.49. The van der Waals surface area contributed by atoms with Gasteiger partial charge in [0.1, 0.15) is 11.4 Å². The van der Waals surface area contributed by atoms with Crippen LogP contribution in [0.1, 0.15) is 45.0 Å². The SMILES string of the molecule is Cc1cnn2c(NCc3nc4ccccc4[nH]3)nc(N3CC4CCC(C3)N4C(=O)OC(C)(C)C)nc12. The Labute approximate surface area is 208 Å². The number of anilines is 2. The normalized spacial score (nSPS) is 19.9. The summed E-state index contributed by atoms with van der Waals surface area (Å²) in [5.74, 6) is 2.06. The van der Waals surface area contributed by atoms with Crippen molar-refractivity contribution in [2.45, 2.75) is 64.8 Å². The van der Waals surface area contributed by atoms with Gasteiger partial charge in [-0.3, -0.25) is 4.90 Å². The third-order valence-corrected chi connectivity index (χ3v) is 6.75. The number of rotatable bonds is 4. The molecule has 1 amide bonds. The van der Waals surface area contributed by atoms with E-state index in [-0.39, 0.29) is 18.2 Å². The van der Waals surface area contributed by atoms with Gasteiger partial charge in [0.15, 0.2) is 5.65 Å². The highest BCUT2D eigenvalue weighted by Gasteiger charge is 2.45. The predicted molar refractivity (Wildman–Crippen MR) is 136 cm³/mol. The standard InChI is InChI=1S/C25H31N9O2/c1-15-11-27-34-21(15)30-23(31-22(34)26-12-20-28-18-7-5-6-8-19(18)29-20)32-13-16-9-10-17(14-32)33(16)24(35)36-25(2,3)4/h5-8,11,16-17H,9-10,12-14H2,1-4H3,(H,28,29)(H,26,30,31). The molecule has 0 aliphatic carbocycles. The van der Waals surface area contributed by atoms with Crippen molar-refractivity contribution in [3.63, 3.8) is 0 Å². The minimum absolute atomic E-state index is 0.0800. The molecule has 3 aromatic heterocycles. The average molecular weight is 490 g/mol. The zero-order valence-electron chi connectivity index (χ0n) is 21.0.